The van der Waals surface area contributed by atoms with Crippen LogP contribution in [-0.2, 0) is 0 Å². The van der Waals surface area contributed by atoms with Crippen LogP contribution >= 0.6 is 0 Å². The number of nitrogens with one attached hydrogen (secondary N) is 1. The summed E-state index contributed by atoms with van der Waals surface area (Å²) in [6, 6.07) is 1.89. The van der Waals surface area contributed by atoms with E-state index in [1.165, 1.54) is 31.9 Å². The maximum absolute atomic E-state index is 13.3. The predicted molar refractivity (Wildman–Crippen MR) is 74.2 cm³/mol. The minimum absolute atomic E-state index is 0.228. The van der Waals surface area contributed by atoms with E-state index in [4.69, 9.17) is 0 Å². The van der Waals surface area contributed by atoms with Crippen molar-refractivity contribution in [2.75, 3.05) is 6.54 Å². The molecule has 0 spiro atoms. The number of hydrogen-bond acceptors (Lipinski definition) is 2. The van der Waals surface area contributed by atoms with Gasteiger partial charge in [0.05, 0.1) is 6.20 Å². The molecule has 0 aromatic carbocycles. The van der Waals surface area contributed by atoms with Crippen molar-refractivity contribution < 1.29 is 4.39 Å². The van der Waals surface area contributed by atoms with Gasteiger partial charge in [-0.3, -0.25) is 4.98 Å². The van der Waals surface area contributed by atoms with Crippen LogP contribution in [0.2, 0.25) is 0 Å². The maximum atomic E-state index is 13.3. The van der Waals surface area contributed by atoms with Crippen LogP contribution in [0.3, 0.4) is 0 Å². The largest absolute Gasteiger partial charge is 0.310 e. The molecule has 0 amide bonds. The summed E-state index contributed by atoms with van der Waals surface area (Å²) in [5.41, 5.74) is 1.00. The van der Waals surface area contributed by atoms with Gasteiger partial charge in [0.15, 0.2) is 0 Å². The fourth-order valence-electron chi connectivity index (χ4n) is 4.17. The van der Waals surface area contributed by atoms with Crippen molar-refractivity contribution in [2.24, 2.45) is 17.8 Å². The van der Waals surface area contributed by atoms with E-state index in [-0.39, 0.29) is 11.9 Å². The fourth-order valence-corrected chi connectivity index (χ4v) is 4.17. The Balaban J connectivity index is 1.70. The molecule has 0 aliphatic heterocycles. The van der Waals surface area contributed by atoms with Crippen LogP contribution in [0.25, 0.3) is 0 Å². The van der Waals surface area contributed by atoms with Gasteiger partial charge in [-0.05, 0) is 61.6 Å². The number of halogens is 1. The van der Waals surface area contributed by atoms with Crippen LogP contribution in [-0.4, -0.2) is 11.5 Å². The Bertz CT molecular complexity index is 435. The molecule has 0 saturated heterocycles. The van der Waals surface area contributed by atoms with E-state index in [0.29, 0.717) is 0 Å². The third-order valence-electron chi connectivity index (χ3n) is 5.00. The lowest BCUT2D eigenvalue weighted by atomic mass is 9.83. The minimum Gasteiger partial charge on any atom is -0.310 e. The second kappa shape index (κ2) is 5.58. The zero-order valence-corrected chi connectivity index (χ0v) is 11.6. The molecule has 2 fully saturated rings. The highest BCUT2D eigenvalue weighted by molar-refractivity contribution is 5.15. The third kappa shape index (κ3) is 2.81. The Morgan fingerprint density at radius 2 is 2.26 bits per heavy atom. The van der Waals surface area contributed by atoms with E-state index in [1.54, 1.807) is 6.07 Å². The standard InChI is InChI=1S/C16H23FN2/c1-2-19-16(14-7-15(17)10-18-9-14)8-13-6-11-3-4-12(13)5-11/h7,9-13,16,19H,2-6,8H2,1H3. The molecule has 2 saturated carbocycles. The van der Waals surface area contributed by atoms with Crippen LogP contribution in [0.15, 0.2) is 18.5 Å². The van der Waals surface area contributed by atoms with Gasteiger partial charge < -0.3 is 5.32 Å². The van der Waals surface area contributed by atoms with Crippen molar-refractivity contribution in [3.8, 4) is 0 Å². The number of nitrogens with zero attached hydrogens (tertiary/aromatic N) is 1. The molecular weight excluding hydrogens is 239 g/mol. The highest BCUT2D eigenvalue weighted by Gasteiger charge is 2.40. The van der Waals surface area contributed by atoms with Crippen LogP contribution < -0.4 is 5.32 Å². The highest BCUT2D eigenvalue weighted by Crippen LogP contribution is 2.50. The second-order valence-corrected chi connectivity index (χ2v) is 6.22. The van der Waals surface area contributed by atoms with Crippen LogP contribution in [0.4, 0.5) is 4.39 Å². The molecule has 2 nitrogen and oxygen atoms in total. The first-order chi connectivity index (χ1) is 9.26. The normalized spacial score (nSPS) is 30.7. The van der Waals surface area contributed by atoms with Gasteiger partial charge in [0.25, 0.3) is 0 Å². The van der Waals surface area contributed by atoms with Gasteiger partial charge in [-0.25, -0.2) is 4.39 Å². The molecule has 1 N–H and O–H groups in total. The minimum atomic E-state index is -0.228. The highest BCUT2D eigenvalue weighted by atomic mass is 19.1. The van der Waals surface area contributed by atoms with E-state index in [2.05, 4.69) is 17.2 Å². The fraction of sp³-hybridized carbons (Fsp3) is 0.688. The lowest BCUT2D eigenvalue weighted by molar-refractivity contribution is 0.280. The zero-order valence-electron chi connectivity index (χ0n) is 11.6. The number of aromatic nitrogens is 1. The van der Waals surface area contributed by atoms with E-state index in [0.717, 1.165) is 36.3 Å². The van der Waals surface area contributed by atoms with Gasteiger partial charge >= 0.3 is 0 Å². The molecular formula is C16H23FN2. The maximum Gasteiger partial charge on any atom is 0.141 e. The lowest BCUT2D eigenvalue weighted by Crippen LogP contribution is -2.25. The summed E-state index contributed by atoms with van der Waals surface area (Å²) in [5, 5.41) is 3.51. The van der Waals surface area contributed by atoms with Gasteiger partial charge in [0, 0.05) is 12.2 Å². The van der Waals surface area contributed by atoms with Crippen molar-refractivity contribution in [1.82, 2.24) is 10.3 Å². The molecule has 2 bridgehead atoms. The van der Waals surface area contributed by atoms with E-state index in [9.17, 15) is 4.39 Å². The van der Waals surface area contributed by atoms with Gasteiger partial charge in [0.2, 0.25) is 0 Å². The smallest absolute Gasteiger partial charge is 0.141 e. The Kier molecular flexibility index (Phi) is 3.83. The second-order valence-electron chi connectivity index (χ2n) is 6.22. The molecule has 0 radical (unpaired) electrons. The van der Waals surface area contributed by atoms with Crippen LogP contribution in [0.1, 0.15) is 50.6 Å². The predicted octanol–water partition coefficient (Wildman–Crippen LogP) is 3.70. The third-order valence-corrected chi connectivity index (χ3v) is 5.00. The number of hydrogen-bond donors (Lipinski definition) is 1. The van der Waals surface area contributed by atoms with Crippen molar-refractivity contribution >= 4 is 0 Å². The lowest BCUT2D eigenvalue weighted by Gasteiger charge is -2.27. The van der Waals surface area contributed by atoms with Crippen molar-refractivity contribution in [1.29, 1.82) is 0 Å². The van der Waals surface area contributed by atoms with Crippen molar-refractivity contribution in [2.45, 2.75) is 45.1 Å². The molecule has 3 rings (SSSR count). The molecule has 1 aromatic rings. The Morgan fingerprint density at radius 1 is 1.37 bits per heavy atom. The van der Waals surface area contributed by atoms with E-state index < -0.39 is 0 Å². The molecule has 4 atom stereocenters. The van der Waals surface area contributed by atoms with Crippen LogP contribution in [0.5, 0.6) is 0 Å². The van der Waals surface area contributed by atoms with Gasteiger partial charge in [-0.1, -0.05) is 13.3 Å². The summed E-state index contributed by atoms with van der Waals surface area (Å²) in [7, 11) is 0. The molecule has 2 aliphatic carbocycles. The number of pyridine rings is 1. The number of rotatable bonds is 5. The van der Waals surface area contributed by atoms with Gasteiger partial charge in [0.1, 0.15) is 5.82 Å². The van der Waals surface area contributed by atoms with Gasteiger partial charge in [-0.15, -0.1) is 0 Å². The summed E-state index contributed by atoms with van der Waals surface area (Å²) in [6.45, 7) is 3.03. The summed E-state index contributed by atoms with van der Waals surface area (Å²) >= 11 is 0. The van der Waals surface area contributed by atoms with Crippen LogP contribution in [0, 0.1) is 23.6 Å². The first kappa shape index (κ1) is 13.0. The molecule has 1 aromatic heterocycles. The number of fused-ring (bicyclic) bond motifs is 2. The average Bonchev–Trinajstić information content (AvgIpc) is 3.00. The molecule has 19 heavy (non-hydrogen) atoms. The summed E-state index contributed by atoms with van der Waals surface area (Å²) in [6.07, 6.45) is 9.90. The molecule has 4 unspecified atom stereocenters. The quantitative estimate of drug-likeness (QED) is 0.875. The first-order valence-electron chi connectivity index (χ1n) is 7.60. The van der Waals surface area contributed by atoms with Gasteiger partial charge in [-0.2, -0.15) is 0 Å². The SMILES string of the molecule is CCNC(CC1CC2CCC1C2)c1cncc(F)c1. The van der Waals surface area contributed by atoms with Crippen molar-refractivity contribution in [3.63, 3.8) is 0 Å². The van der Waals surface area contributed by atoms with E-state index in [1.807, 2.05) is 6.20 Å². The molecule has 3 heteroatoms. The zero-order chi connectivity index (χ0) is 13.2. The van der Waals surface area contributed by atoms with Crippen molar-refractivity contribution in [3.05, 3.63) is 29.8 Å². The molecule has 2 aliphatic rings. The summed E-state index contributed by atoms with van der Waals surface area (Å²) in [4.78, 5) is 3.99. The average molecular weight is 262 g/mol. The first-order valence-corrected chi connectivity index (χ1v) is 7.60. The Labute approximate surface area is 114 Å². The monoisotopic (exact) mass is 262 g/mol. The summed E-state index contributed by atoms with van der Waals surface area (Å²) < 4.78 is 13.3. The molecule has 1 heterocycles. The Hall–Kier alpha value is -0.960. The molecule has 104 valence electrons. The Morgan fingerprint density at radius 3 is 2.89 bits per heavy atom. The topological polar surface area (TPSA) is 24.9 Å². The summed E-state index contributed by atoms with van der Waals surface area (Å²) in [5.74, 6) is 2.50. The van der Waals surface area contributed by atoms with E-state index >= 15 is 0 Å².